The van der Waals surface area contributed by atoms with Gasteiger partial charge in [-0.2, -0.15) is 0 Å². The van der Waals surface area contributed by atoms with Gasteiger partial charge in [-0.15, -0.1) is 0 Å². The van der Waals surface area contributed by atoms with Gasteiger partial charge in [-0.1, -0.05) is 192 Å². The van der Waals surface area contributed by atoms with Gasteiger partial charge in [-0.3, -0.25) is 0 Å². The Bertz CT molecular complexity index is 5210. The summed E-state index contributed by atoms with van der Waals surface area (Å²) in [5.41, 5.74) is 21.5. The number of fused-ring (bicyclic) bond motifs is 15. The van der Waals surface area contributed by atoms with Gasteiger partial charge in [0, 0.05) is 89.3 Å². The molecule has 92 heavy (non-hydrogen) atoms. The standard InChI is InChI=1S/C86H76N4O2/c1-83(2,3)53-45-54(84(4,5)6)48-61(47-53)89-71-33-21-19-29-63(71)67-31-23-35-73(81(67)89)87(57-25-15-13-16-26-57)59-37-39-69-77(51-59)91-75-43-41-66-65(79(69)75)42-44-76-80(66)70-40-38-60(52-78(70)92-76)88(58-27-17-14-18-28-58)74-36-24-32-68-64-30-20-22-34-72(64)90(82(68)74)62-49-55(85(7,8)9)46-56(50-62)86(10,11)12/h13-52H,1-12H3. The van der Waals surface area contributed by atoms with Gasteiger partial charge in [-0.05, 0) is 176 Å². The third-order valence-electron chi connectivity index (χ3n) is 19.2. The minimum absolute atomic E-state index is 0.0604. The summed E-state index contributed by atoms with van der Waals surface area (Å²) in [7, 11) is 0. The molecule has 0 aliphatic carbocycles. The van der Waals surface area contributed by atoms with Crippen molar-refractivity contribution < 1.29 is 8.83 Å². The molecule has 6 nitrogen and oxygen atoms in total. The van der Waals surface area contributed by atoms with Gasteiger partial charge < -0.3 is 27.8 Å². The van der Waals surface area contributed by atoms with Crippen molar-refractivity contribution in [3.63, 3.8) is 0 Å². The first-order chi connectivity index (χ1) is 44.2. The van der Waals surface area contributed by atoms with E-state index in [-0.39, 0.29) is 21.7 Å². The lowest BCUT2D eigenvalue weighted by Crippen LogP contribution is -2.17. The monoisotopic (exact) mass is 1200 g/mol. The Morgan fingerprint density at radius 2 is 0.598 bits per heavy atom. The molecule has 12 aromatic carbocycles. The van der Waals surface area contributed by atoms with E-state index < -0.39 is 0 Å². The van der Waals surface area contributed by atoms with E-state index in [1.165, 1.54) is 54.8 Å². The summed E-state index contributed by atoms with van der Waals surface area (Å²) in [5, 5.41) is 11.3. The predicted molar refractivity (Wildman–Crippen MR) is 391 cm³/mol. The molecule has 16 rings (SSSR count). The highest BCUT2D eigenvalue weighted by molar-refractivity contribution is 6.28. The van der Waals surface area contributed by atoms with Crippen molar-refractivity contribution in [2.24, 2.45) is 0 Å². The van der Waals surface area contributed by atoms with Crippen molar-refractivity contribution in [1.29, 1.82) is 0 Å². The van der Waals surface area contributed by atoms with Gasteiger partial charge in [-0.25, -0.2) is 0 Å². The van der Waals surface area contributed by atoms with Crippen LogP contribution in [-0.2, 0) is 21.7 Å². The second kappa shape index (κ2) is 20.6. The average Bonchev–Trinajstić information content (AvgIpc) is 1.57. The smallest absolute Gasteiger partial charge is 0.137 e. The SMILES string of the molecule is CC(C)(C)c1cc(-n2c3ccccc3c3cccc(N(c4ccccc4)c4ccc5c(c4)oc4ccc6c(ccc7oc8cc(N(c9ccccc9)c9cccc%10c%11ccccc%11n(-c%11cc(C(C)(C)C)cc(C(C)(C)C)c%11)c9%10)ccc8c76)c45)c32)cc(C(C)(C)C)c1. The van der Waals surface area contributed by atoms with Gasteiger partial charge >= 0.3 is 0 Å². The number of anilines is 6. The van der Waals surface area contributed by atoms with E-state index in [4.69, 9.17) is 8.83 Å². The number of hydrogen-bond donors (Lipinski definition) is 0. The molecule has 0 aliphatic rings. The van der Waals surface area contributed by atoms with Crippen molar-refractivity contribution >= 4 is 132 Å². The van der Waals surface area contributed by atoms with E-state index in [0.717, 1.165) is 111 Å². The average molecular weight is 1200 g/mol. The third kappa shape index (κ3) is 9.20. The van der Waals surface area contributed by atoms with Crippen molar-refractivity contribution in [2.75, 3.05) is 9.80 Å². The van der Waals surface area contributed by atoms with Crippen LogP contribution in [0.1, 0.15) is 105 Å². The normalized spacial score (nSPS) is 12.8. The van der Waals surface area contributed by atoms with Crippen LogP contribution in [0.5, 0.6) is 0 Å². The summed E-state index contributed by atoms with van der Waals surface area (Å²) in [6.07, 6.45) is 0. The molecule has 0 aliphatic heterocycles. The molecule has 452 valence electrons. The van der Waals surface area contributed by atoms with Crippen LogP contribution in [0.25, 0.3) is 110 Å². The number of aromatic nitrogens is 2. The summed E-state index contributed by atoms with van der Waals surface area (Å²) in [6.45, 7) is 27.8. The van der Waals surface area contributed by atoms with Crippen molar-refractivity contribution in [2.45, 2.75) is 105 Å². The highest BCUT2D eigenvalue weighted by Crippen LogP contribution is 2.50. The summed E-state index contributed by atoms with van der Waals surface area (Å²) in [6, 6.07) is 89.5. The van der Waals surface area contributed by atoms with Crippen molar-refractivity contribution in [3.8, 4) is 11.4 Å². The predicted octanol–water partition coefficient (Wildman–Crippen LogP) is 25.0. The molecule has 0 saturated carbocycles. The molecule has 0 atom stereocenters. The van der Waals surface area contributed by atoms with Crippen LogP contribution < -0.4 is 9.80 Å². The van der Waals surface area contributed by atoms with E-state index in [1.807, 2.05) is 0 Å². The van der Waals surface area contributed by atoms with Crippen LogP contribution in [0.4, 0.5) is 34.1 Å². The van der Waals surface area contributed by atoms with E-state index >= 15 is 0 Å². The Morgan fingerprint density at radius 1 is 0.261 bits per heavy atom. The zero-order valence-electron chi connectivity index (χ0n) is 54.7. The van der Waals surface area contributed by atoms with Crippen LogP contribution in [-0.4, -0.2) is 9.13 Å². The Hall–Kier alpha value is -10.3. The maximum atomic E-state index is 7.01. The molecule has 0 fully saturated rings. The molecule has 4 aromatic heterocycles. The molecule has 6 heteroatoms. The first-order valence-corrected chi connectivity index (χ1v) is 32.5. The van der Waals surface area contributed by atoms with Crippen LogP contribution >= 0.6 is 0 Å². The van der Waals surface area contributed by atoms with Crippen LogP contribution in [0.15, 0.2) is 251 Å². The molecule has 0 unspecified atom stereocenters. The lowest BCUT2D eigenvalue weighted by molar-refractivity contribution is 0.567. The van der Waals surface area contributed by atoms with Crippen LogP contribution in [0.2, 0.25) is 0 Å². The van der Waals surface area contributed by atoms with Gasteiger partial charge in [0.25, 0.3) is 0 Å². The molecule has 0 bridgehead atoms. The number of benzene rings is 12. The van der Waals surface area contributed by atoms with E-state index in [1.54, 1.807) is 0 Å². The summed E-state index contributed by atoms with van der Waals surface area (Å²) in [4.78, 5) is 4.81. The zero-order valence-corrected chi connectivity index (χ0v) is 54.7. The summed E-state index contributed by atoms with van der Waals surface area (Å²) >= 11 is 0. The highest BCUT2D eigenvalue weighted by atomic mass is 16.3. The first kappa shape index (κ1) is 56.9. The van der Waals surface area contributed by atoms with Crippen LogP contribution in [0, 0.1) is 0 Å². The minimum Gasteiger partial charge on any atom is -0.456 e. The quantitative estimate of drug-likeness (QED) is 0.152. The Balaban J connectivity index is 0.849. The minimum atomic E-state index is -0.0604. The molecule has 0 saturated heterocycles. The number of para-hydroxylation sites is 6. The maximum Gasteiger partial charge on any atom is 0.137 e. The molecule has 16 aromatic rings. The fraction of sp³-hybridized carbons (Fsp3) is 0.186. The van der Waals surface area contributed by atoms with Gasteiger partial charge in [0.15, 0.2) is 0 Å². The number of furan rings is 2. The molecular weight excluding hydrogens is 1120 g/mol. The first-order valence-electron chi connectivity index (χ1n) is 32.5. The van der Waals surface area contributed by atoms with Gasteiger partial charge in [0.2, 0.25) is 0 Å². The zero-order chi connectivity index (χ0) is 63.3. The van der Waals surface area contributed by atoms with Crippen molar-refractivity contribution in [1.82, 2.24) is 9.13 Å². The van der Waals surface area contributed by atoms with E-state index in [2.05, 4.69) is 345 Å². The molecule has 4 heterocycles. The van der Waals surface area contributed by atoms with Gasteiger partial charge in [0.1, 0.15) is 22.3 Å². The Labute approximate surface area is 538 Å². The summed E-state index contributed by atoms with van der Waals surface area (Å²) in [5.74, 6) is 0. The van der Waals surface area contributed by atoms with Crippen LogP contribution in [0.3, 0.4) is 0 Å². The largest absolute Gasteiger partial charge is 0.456 e. The lowest BCUT2D eigenvalue weighted by Gasteiger charge is -2.28. The molecule has 0 radical (unpaired) electrons. The summed E-state index contributed by atoms with van der Waals surface area (Å²) < 4.78 is 19.0. The van der Waals surface area contributed by atoms with Gasteiger partial charge in [0.05, 0.1) is 33.4 Å². The third-order valence-corrected chi connectivity index (χ3v) is 19.2. The van der Waals surface area contributed by atoms with E-state index in [0.29, 0.717) is 0 Å². The topological polar surface area (TPSA) is 42.6 Å². The highest BCUT2D eigenvalue weighted by Gasteiger charge is 2.29. The number of hydrogen-bond acceptors (Lipinski definition) is 4. The second-order valence-corrected chi connectivity index (χ2v) is 29.5. The second-order valence-electron chi connectivity index (χ2n) is 29.5. The fourth-order valence-electron chi connectivity index (χ4n) is 14.3. The molecule has 0 spiro atoms. The fourth-order valence-corrected chi connectivity index (χ4v) is 14.3. The Morgan fingerprint density at radius 3 is 0.967 bits per heavy atom. The lowest BCUT2D eigenvalue weighted by atomic mass is 9.80. The van der Waals surface area contributed by atoms with E-state index in [9.17, 15) is 0 Å². The Kier molecular flexibility index (Phi) is 12.7. The number of nitrogens with zero attached hydrogens (tertiary/aromatic N) is 4. The van der Waals surface area contributed by atoms with Crippen molar-refractivity contribution in [3.05, 3.63) is 265 Å². The molecule has 0 N–H and O–H groups in total. The molecular formula is C86H76N4O2. The number of rotatable bonds is 8. The molecule has 0 amide bonds. The maximum absolute atomic E-state index is 7.01.